The van der Waals surface area contributed by atoms with Gasteiger partial charge in [-0.15, -0.1) is 0 Å². The Morgan fingerprint density at radius 1 is 0.247 bits per heavy atom. The summed E-state index contributed by atoms with van der Waals surface area (Å²) in [6.45, 7) is 6.67. The Kier molecular flexibility index (Phi) is 67.1. The average Bonchev–Trinajstić information content (AvgIpc) is 3.47. The van der Waals surface area contributed by atoms with Crippen LogP contribution in [-0.4, -0.2) is 37.2 Å². The maximum Gasteiger partial charge on any atom is 0.306 e. The SMILES string of the molecule is CCCCCCC/C=C\C/C=C\C/C=C\CCCCCCCCCCCCCCC(=O)OCC(COC(=O)CCCCCCCCC/C=C\CCCCCCCC)OC(=O)CCCCCCCCCCC/C=C\CCCCCCCC. The molecule has 6 heteroatoms. The van der Waals surface area contributed by atoms with Gasteiger partial charge in [-0.05, 0) is 109 Å². The highest BCUT2D eigenvalue weighted by molar-refractivity contribution is 5.71. The van der Waals surface area contributed by atoms with Gasteiger partial charge in [-0.1, -0.05) is 313 Å². The minimum Gasteiger partial charge on any atom is -0.462 e. The van der Waals surface area contributed by atoms with Crippen molar-refractivity contribution in [2.75, 3.05) is 13.2 Å². The van der Waals surface area contributed by atoms with Crippen LogP contribution in [0.15, 0.2) is 60.8 Å². The van der Waals surface area contributed by atoms with Crippen LogP contribution < -0.4 is 0 Å². The summed E-state index contributed by atoms with van der Waals surface area (Å²) in [5.41, 5.74) is 0. The molecular weight excluding hydrogens is 997 g/mol. The van der Waals surface area contributed by atoms with Crippen LogP contribution in [0.2, 0.25) is 0 Å². The van der Waals surface area contributed by atoms with Gasteiger partial charge in [0.2, 0.25) is 0 Å². The summed E-state index contributed by atoms with van der Waals surface area (Å²) >= 11 is 0. The molecule has 0 aliphatic rings. The lowest BCUT2D eigenvalue weighted by Crippen LogP contribution is -2.30. The second-order valence-corrected chi connectivity index (χ2v) is 24.1. The Morgan fingerprint density at radius 2 is 0.444 bits per heavy atom. The van der Waals surface area contributed by atoms with Gasteiger partial charge in [-0.2, -0.15) is 0 Å². The molecule has 0 bridgehead atoms. The minimum absolute atomic E-state index is 0.0745. The lowest BCUT2D eigenvalue weighted by molar-refractivity contribution is -0.167. The molecule has 0 saturated heterocycles. The Labute approximate surface area is 504 Å². The second kappa shape index (κ2) is 69.6. The standard InChI is InChI=1S/C75H136O6/c1-4-7-10-13-16-19-22-25-28-31-33-34-35-36-37-38-39-40-42-44-47-50-53-56-59-62-65-68-74(77)80-71-72(70-79-73(76)67-64-61-58-55-52-49-46-43-30-27-24-21-18-15-12-9-6-3)81-75(78)69-66-63-60-57-54-51-48-45-41-32-29-26-23-20-17-14-11-8-5-2/h22,25-27,29-31,33,35-36,72H,4-21,23-24,28,32,34,37-71H2,1-3H3/b25-22-,29-26-,30-27-,33-31-,36-35-. The van der Waals surface area contributed by atoms with Gasteiger partial charge in [0.05, 0.1) is 0 Å². The zero-order valence-electron chi connectivity index (χ0n) is 54.3. The molecule has 1 unspecified atom stereocenters. The number of rotatable bonds is 66. The topological polar surface area (TPSA) is 78.9 Å². The third kappa shape index (κ3) is 67.8. The number of hydrogen-bond acceptors (Lipinski definition) is 6. The van der Waals surface area contributed by atoms with E-state index in [1.165, 1.54) is 270 Å². The number of unbranched alkanes of at least 4 members (excludes halogenated alkanes) is 45. The molecule has 0 spiro atoms. The fourth-order valence-electron chi connectivity index (χ4n) is 10.6. The molecular formula is C75H136O6. The van der Waals surface area contributed by atoms with E-state index in [4.69, 9.17) is 14.2 Å². The lowest BCUT2D eigenvalue weighted by Gasteiger charge is -2.18. The molecule has 0 heterocycles. The molecule has 0 aromatic heterocycles. The van der Waals surface area contributed by atoms with Crippen molar-refractivity contribution >= 4 is 17.9 Å². The first-order valence-electron chi connectivity index (χ1n) is 35.8. The molecule has 81 heavy (non-hydrogen) atoms. The van der Waals surface area contributed by atoms with E-state index in [0.717, 1.165) is 70.6 Å². The monoisotopic (exact) mass is 1130 g/mol. The zero-order valence-corrected chi connectivity index (χ0v) is 54.3. The molecule has 0 aliphatic heterocycles. The largest absolute Gasteiger partial charge is 0.462 e. The number of hydrogen-bond donors (Lipinski definition) is 0. The first kappa shape index (κ1) is 78.1. The van der Waals surface area contributed by atoms with E-state index in [1.807, 2.05) is 0 Å². The third-order valence-corrected chi connectivity index (χ3v) is 16.0. The van der Waals surface area contributed by atoms with Crippen LogP contribution in [0.1, 0.15) is 380 Å². The third-order valence-electron chi connectivity index (χ3n) is 16.0. The molecule has 1 atom stereocenters. The summed E-state index contributed by atoms with van der Waals surface area (Å²) in [4.78, 5) is 38.5. The van der Waals surface area contributed by atoms with E-state index in [0.29, 0.717) is 19.3 Å². The van der Waals surface area contributed by atoms with Gasteiger partial charge in [0.1, 0.15) is 13.2 Å². The van der Waals surface area contributed by atoms with E-state index < -0.39 is 6.10 Å². The predicted octanol–water partition coefficient (Wildman–Crippen LogP) is 24.7. The molecule has 0 aromatic carbocycles. The zero-order chi connectivity index (χ0) is 58.5. The Morgan fingerprint density at radius 3 is 0.704 bits per heavy atom. The fourth-order valence-corrected chi connectivity index (χ4v) is 10.6. The van der Waals surface area contributed by atoms with Crippen molar-refractivity contribution in [1.82, 2.24) is 0 Å². The van der Waals surface area contributed by atoms with E-state index in [-0.39, 0.29) is 31.1 Å². The van der Waals surface area contributed by atoms with Gasteiger partial charge < -0.3 is 14.2 Å². The number of allylic oxidation sites excluding steroid dienone is 10. The molecule has 0 aliphatic carbocycles. The first-order chi connectivity index (χ1) is 40.0. The van der Waals surface area contributed by atoms with Gasteiger partial charge in [-0.3, -0.25) is 14.4 Å². The molecule has 0 fully saturated rings. The highest BCUT2D eigenvalue weighted by Gasteiger charge is 2.19. The van der Waals surface area contributed by atoms with Gasteiger partial charge in [-0.25, -0.2) is 0 Å². The lowest BCUT2D eigenvalue weighted by atomic mass is 10.0. The first-order valence-corrected chi connectivity index (χ1v) is 35.8. The van der Waals surface area contributed by atoms with Gasteiger partial charge in [0, 0.05) is 19.3 Å². The highest BCUT2D eigenvalue weighted by atomic mass is 16.6. The molecule has 0 amide bonds. The summed E-state index contributed by atoms with van der Waals surface area (Å²) in [5.74, 6) is -0.859. The van der Waals surface area contributed by atoms with Crippen LogP contribution in [-0.2, 0) is 28.6 Å². The van der Waals surface area contributed by atoms with Crippen molar-refractivity contribution in [2.45, 2.75) is 386 Å². The van der Waals surface area contributed by atoms with Crippen LogP contribution in [0.5, 0.6) is 0 Å². The summed E-state index contributed by atoms with van der Waals surface area (Å²) in [6.07, 6.45) is 89.5. The fraction of sp³-hybridized carbons (Fsp3) is 0.827. The molecule has 0 N–H and O–H groups in total. The van der Waals surface area contributed by atoms with Crippen molar-refractivity contribution in [1.29, 1.82) is 0 Å². The highest BCUT2D eigenvalue weighted by Crippen LogP contribution is 2.17. The number of carbonyl (C=O) groups excluding carboxylic acids is 3. The Bertz CT molecular complexity index is 1440. The second-order valence-electron chi connectivity index (χ2n) is 24.1. The predicted molar refractivity (Wildman–Crippen MR) is 353 cm³/mol. The van der Waals surface area contributed by atoms with Crippen LogP contribution in [0, 0.1) is 0 Å². The molecule has 0 radical (unpaired) electrons. The number of carbonyl (C=O) groups is 3. The van der Waals surface area contributed by atoms with E-state index in [2.05, 4.69) is 81.5 Å². The van der Waals surface area contributed by atoms with Gasteiger partial charge in [0.15, 0.2) is 6.10 Å². The average molecular weight is 1130 g/mol. The van der Waals surface area contributed by atoms with Crippen molar-refractivity contribution in [3.63, 3.8) is 0 Å². The van der Waals surface area contributed by atoms with E-state index in [9.17, 15) is 14.4 Å². The van der Waals surface area contributed by atoms with E-state index >= 15 is 0 Å². The summed E-state index contributed by atoms with van der Waals surface area (Å²) < 4.78 is 17.0. The Balaban J connectivity index is 4.31. The Hall–Kier alpha value is -2.89. The quantitative estimate of drug-likeness (QED) is 0.0261. The van der Waals surface area contributed by atoms with Crippen molar-refractivity contribution in [3.8, 4) is 0 Å². The van der Waals surface area contributed by atoms with Crippen molar-refractivity contribution in [2.24, 2.45) is 0 Å². The molecule has 0 saturated carbocycles. The van der Waals surface area contributed by atoms with Crippen molar-refractivity contribution < 1.29 is 28.6 Å². The summed E-state index contributed by atoms with van der Waals surface area (Å²) in [6, 6.07) is 0. The van der Waals surface area contributed by atoms with Crippen LogP contribution in [0.3, 0.4) is 0 Å². The minimum atomic E-state index is -0.779. The van der Waals surface area contributed by atoms with Crippen molar-refractivity contribution in [3.05, 3.63) is 60.8 Å². The normalized spacial score (nSPS) is 12.4. The van der Waals surface area contributed by atoms with Crippen LogP contribution in [0.25, 0.3) is 0 Å². The van der Waals surface area contributed by atoms with Gasteiger partial charge in [0.25, 0.3) is 0 Å². The summed E-state index contributed by atoms with van der Waals surface area (Å²) in [5, 5.41) is 0. The summed E-state index contributed by atoms with van der Waals surface area (Å²) in [7, 11) is 0. The maximum atomic E-state index is 13.0. The number of esters is 3. The molecule has 472 valence electrons. The molecule has 0 rings (SSSR count). The number of ether oxygens (including phenoxy) is 3. The smallest absolute Gasteiger partial charge is 0.306 e. The van der Waals surface area contributed by atoms with Crippen LogP contribution >= 0.6 is 0 Å². The molecule has 0 aromatic rings. The molecule has 6 nitrogen and oxygen atoms in total. The van der Waals surface area contributed by atoms with E-state index in [1.54, 1.807) is 0 Å². The van der Waals surface area contributed by atoms with Crippen LogP contribution in [0.4, 0.5) is 0 Å². The maximum absolute atomic E-state index is 13.0. The van der Waals surface area contributed by atoms with Gasteiger partial charge >= 0.3 is 17.9 Å².